The molecule has 6 nitrogen and oxygen atoms in total. The van der Waals surface area contributed by atoms with Crippen LogP contribution >= 0.6 is 0 Å². The molecule has 0 aliphatic rings. The monoisotopic (exact) mass is 461 g/mol. The third-order valence-corrected chi connectivity index (χ3v) is 6.40. The summed E-state index contributed by atoms with van der Waals surface area (Å²) < 4.78 is 41.8. The number of methoxy groups -OCH3 is 2. The molecule has 4 rings (SSSR count). The largest absolute Gasteiger partial charge is 0.497 e. The van der Waals surface area contributed by atoms with Gasteiger partial charge in [-0.15, -0.1) is 0 Å². The minimum atomic E-state index is -4.06. The van der Waals surface area contributed by atoms with Crippen molar-refractivity contribution >= 4 is 10.1 Å². The van der Waals surface area contributed by atoms with E-state index in [0.29, 0.717) is 11.3 Å². The molecule has 0 aliphatic carbocycles. The maximum Gasteiger partial charge on any atom is 0.340 e. The van der Waals surface area contributed by atoms with Gasteiger partial charge in [0.1, 0.15) is 16.4 Å². The van der Waals surface area contributed by atoms with Gasteiger partial charge in [0.05, 0.1) is 14.2 Å². The zero-order valence-electron chi connectivity index (χ0n) is 18.5. The van der Waals surface area contributed by atoms with Gasteiger partial charge in [-0.1, -0.05) is 42.0 Å². The quantitative estimate of drug-likeness (QED) is 0.338. The number of aromatic nitrogens is 1. The summed E-state index contributed by atoms with van der Waals surface area (Å²) in [6.45, 7) is 1.89. The average molecular weight is 462 g/mol. The van der Waals surface area contributed by atoms with E-state index in [1.54, 1.807) is 44.7 Å². The highest BCUT2D eigenvalue weighted by molar-refractivity contribution is 7.87. The number of ether oxygens (including phenoxy) is 2. The highest BCUT2D eigenvalue weighted by Crippen LogP contribution is 2.35. The Kier molecular flexibility index (Phi) is 6.33. The Labute approximate surface area is 193 Å². The first-order chi connectivity index (χ1) is 15.9. The predicted molar refractivity (Wildman–Crippen MR) is 127 cm³/mol. The molecule has 7 heteroatoms. The standard InChI is InChI=1S/C26H23NO5S/c1-18-4-14-24(15-5-18)33(28,29)32-26-25(20-8-12-23(31-3)13-9-20)16-21(17-27-26)19-6-10-22(30-2)11-7-19/h4-17H,1-3H3. The Morgan fingerprint density at radius 1 is 0.697 bits per heavy atom. The van der Waals surface area contributed by atoms with Crippen LogP contribution in [0.15, 0.2) is 90.0 Å². The number of hydrogen-bond acceptors (Lipinski definition) is 6. The summed E-state index contributed by atoms with van der Waals surface area (Å²) >= 11 is 0. The smallest absolute Gasteiger partial charge is 0.340 e. The summed E-state index contributed by atoms with van der Waals surface area (Å²) in [6.07, 6.45) is 1.59. The molecule has 0 amide bonds. The second-order valence-electron chi connectivity index (χ2n) is 7.38. The Balaban J connectivity index is 1.78. The van der Waals surface area contributed by atoms with Crippen molar-refractivity contribution in [3.63, 3.8) is 0 Å². The van der Waals surface area contributed by atoms with Gasteiger partial charge in [0.2, 0.25) is 5.88 Å². The van der Waals surface area contributed by atoms with Gasteiger partial charge in [-0.25, -0.2) is 4.98 Å². The van der Waals surface area contributed by atoms with Crippen LogP contribution in [0.3, 0.4) is 0 Å². The van der Waals surface area contributed by atoms with E-state index in [4.69, 9.17) is 13.7 Å². The summed E-state index contributed by atoms with van der Waals surface area (Å²) in [5.41, 5.74) is 3.96. The Morgan fingerprint density at radius 3 is 1.79 bits per heavy atom. The van der Waals surface area contributed by atoms with Crippen molar-refractivity contribution in [3.05, 3.63) is 90.6 Å². The van der Waals surface area contributed by atoms with Gasteiger partial charge in [0.15, 0.2) is 0 Å². The fourth-order valence-corrected chi connectivity index (χ4v) is 4.20. The Morgan fingerprint density at radius 2 is 1.24 bits per heavy atom. The minimum Gasteiger partial charge on any atom is -0.497 e. The van der Waals surface area contributed by atoms with Gasteiger partial charge >= 0.3 is 10.1 Å². The number of pyridine rings is 1. The predicted octanol–water partition coefficient (Wildman–Crippen LogP) is 5.51. The van der Waals surface area contributed by atoms with E-state index in [1.807, 2.05) is 49.4 Å². The lowest BCUT2D eigenvalue weighted by Gasteiger charge is -2.13. The average Bonchev–Trinajstić information content (AvgIpc) is 2.84. The number of hydrogen-bond donors (Lipinski definition) is 0. The molecule has 0 saturated carbocycles. The van der Waals surface area contributed by atoms with Crippen molar-refractivity contribution in [1.82, 2.24) is 4.98 Å². The van der Waals surface area contributed by atoms with Crippen molar-refractivity contribution in [3.8, 4) is 39.6 Å². The summed E-state index contributed by atoms with van der Waals surface area (Å²) in [7, 11) is -0.867. The SMILES string of the molecule is COc1ccc(-c2cnc(OS(=O)(=O)c3ccc(C)cc3)c(-c3ccc(OC)cc3)c2)cc1. The van der Waals surface area contributed by atoms with E-state index < -0.39 is 10.1 Å². The first kappa shape index (κ1) is 22.4. The van der Waals surface area contributed by atoms with Crippen LogP contribution in [0.4, 0.5) is 0 Å². The first-order valence-electron chi connectivity index (χ1n) is 10.2. The van der Waals surface area contributed by atoms with Crippen molar-refractivity contribution in [2.75, 3.05) is 14.2 Å². The molecule has 0 bridgehead atoms. The zero-order chi connectivity index (χ0) is 23.4. The molecule has 0 radical (unpaired) electrons. The van der Waals surface area contributed by atoms with Crippen molar-refractivity contribution in [1.29, 1.82) is 0 Å². The summed E-state index contributed by atoms with van der Waals surface area (Å²) in [5.74, 6) is 1.43. The van der Waals surface area contributed by atoms with Gasteiger partial charge in [0, 0.05) is 17.3 Å². The van der Waals surface area contributed by atoms with Crippen LogP contribution in [0.25, 0.3) is 22.3 Å². The maximum absolute atomic E-state index is 12.9. The third-order valence-electron chi connectivity index (χ3n) is 5.17. The van der Waals surface area contributed by atoms with Gasteiger partial charge < -0.3 is 13.7 Å². The molecule has 0 fully saturated rings. The second kappa shape index (κ2) is 9.34. The molecular formula is C26H23NO5S. The topological polar surface area (TPSA) is 74.7 Å². The third kappa shape index (κ3) is 4.99. The van der Waals surface area contributed by atoms with Crippen LogP contribution in [0.1, 0.15) is 5.56 Å². The van der Waals surface area contributed by atoms with E-state index in [-0.39, 0.29) is 10.8 Å². The minimum absolute atomic E-state index is 0.00185. The number of aryl methyl sites for hydroxylation is 1. The highest BCUT2D eigenvalue weighted by atomic mass is 32.2. The first-order valence-corrected chi connectivity index (χ1v) is 11.6. The lowest BCUT2D eigenvalue weighted by molar-refractivity contribution is 0.415. The molecular weight excluding hydrogens is 438 g/mol. The number of nitrogens with zero attached hydrogens (tertiary/aromatic N) is 1. The molecule has 0 N–H and O–H groups in total. The van der Waals surface area contributed by atoms with Crippen LogP contribution < -0.4 is 13.7 Å². The van der Waals surface area contributed by atoms with E-state index >= 15 is 0 Å². The molecule has 168 valence electrons. The van der Waals surface area contributed by atoms with Gasteiger partial charge in [0.25, 0.3) is 0 Å². The molecule has 0 atom stereocenters. The Bertz CT molecular complexity index is 1350. The molecule has 4 aromatic rings. The van der Waals surface area contributed by atoms with Crippen LogP contribution in [0.2, 0.25) is 0 Å². The van der Waals surface area contributed by atoms with Crippen LogP contribution in [0, 0.1) is 6.92 Å². The van der Waals surface area contributed by atoms with Crippen molar-refractivity contribution in [2.45, 2.75) is 11.8 Å². The highest BCUT2D eigenvalue weighted by Gasteiger charge is 2.21. The summed E-state index contributed by atoms with van der Waals surface area (Å²) in [4.78, 5) is 4.45. The van der Waals surface area contributed by atoms with Crippen molar-refractivity contribution < 1.29 is 22.1 Å². The fraction of sp³-hybridized carbons (Fsp3) is 0.115. The summed E-state index contributed by atoms with van der Waals surface area (Å²) in [5, 5.41) is 0. The molecule has 3 aromatic carbocycles. The Hall–Kier alpha value is -3.84. The molecule has 0 saturated heterocycles. The summed E-state index contributed by atoms with van der Waals surface area (Å²) in [6, 6.07) is 23.1. The molecule has 0 unspecified atom stereocenters. The van der Waals surface area contributed by atoms with E-state index in [2.05, 4.69) is 4.98 Å². The molecule has 1 heterocycles. The fourth-order valence-electron chi connectivity index (χ4n) is 3.29. The van der Waals surface area contributed by atoms with Gasteiger partial charge in [-0.2, -0.15) is 8.42 Å². The molecule has 0 aliphatic heterocycles. The van der Waals surface area contributed by atoms with Gasteiger partial charge in [-0.05, 0) is 60.5 Å². The molecule has 0 spiro atoms. The van der Waals surface area contributed by atoms with Gasteiger partial charge in [-0.3, -0.25) is 0 Å². The van der Waals surface area contributed by atoms with E-state index in [9.17, 15) is 8.42 Å². The molecule has 33 heavy (non-hydrogen) atoms. The normalized spacial score (nSPS) is 11.1. The number of rotatable bonds is 7. The zero-order valence-corrected chi connectivity index (χ0v) is 19.3. The maximum atomic E-state index is 12.9. The lowest BCUT2D eigenvalue weighted by atomic mass is 10.0. The second-order valence-corrected chi connectivity index (χ2v) is 8.93. The van der Waals surface area contributed by atoms with Crippen LogP contribution in [-0.4, -0.2) is 27.6 Å². The van der Waals surface area contributed by atoms with E-state index in [1.165, 1.54) is 12.1 Å². The lowest BCUT2D eigenvalue weighted by Crippen LogP contribution is -2.11. The van der Waals surface area contributed by atoms with E-state index in [0.717, 1.165) is 28.0 Å². The number of benzene rings is 3. The molecule has 1 aromatic heterocycles. The van der Waals surface area contributed by atoms with Crippen LogP contribution in [-0.2, 0) is 10.1 Å². The van der Waals surface area contributed by atoms with Crippen LogP contribution in [0.5, 0.6) is 17.4 Å². The van der Waals surface area contributed by atoms with Crippen molar-refractivity contribution in [2.24, 2.45) is 0 Å².